The van der Waals surface area contributed by atoms with E-state index < -0.39 is 0 Å². The molecule has 1 atom stereocenters. The molecule has 1 aliphatic carbocycles. The third-order valence-electron chi connectivity index (χ3n) is 4.02. The van der Waals surface area contributed by atoms with Crippen molar-refractivity contribution in [3.05, 3.63) is 10.8 Å². The average molecular weight is 279 g/mol. The van der Waals surface area contributed by atoms with Crippen molar-refractivity contribution in [3.63, 3.8) is 0 Å². The molecule has 3 rings (SSSR count). The van der Waals surface area contributed by atoms with E-state index in [0.29, 0.717) is 18.4 Å². The molecule has 2 aromatic heterocycles. The Morgan fingerprint density at radius 2 is 2.11 bits per heavy atom. The highest BCUT2D eigenvalue weighted by Gasteiger charge is 2.23. The summed E-state index contributed by atoms with van der Waals surface area (Å²) in [5, 5.41) is 14.5. The van der Waals surface area contributed by atoms with Gasteiger partial charge in [-0.25, -0.2) is 0 Å². The van der Waals surface area contributed by atoms with E-state index in [0.717, 1.165) is 22.2 Å². The van der Waals surface area contributed by atoms with Crippen LogP contribution in [0, 0.1) is 0 Å². The van der Waals surface area contributed by atoms with Crippen LogP contribution in [0.15, 0.2) is 0 Å². The Balaban J connectivity index is 1.89. The van der Waals surface area contributed by atoms with Crippen molar-refractivity contribution in [1.82, 2.24) is 19.8 Å². The Hall–Kier alpha value is -1.01. The summed E-state index contributed by atoms with van der Waals surface area (Å²) in [6.45, 7) is 2.88. The number of rotatable bonds is 4. The summed E-state index contributed by atoms with van der Waals surface area (Å²) in [7, 11) is 0. The molecule has 0 bridgehead atoms. The first-order valence-electron chi connectivity index (χ1n) is 7.21. The predicted molar refractivity (Wildman–Crippen MR) is 76.6 cm³/mol. The van der Waals surface area contributed by atoms with Crippen LogP contribution in [0.3, 0.4) is 0 Å². The van der Waals surface area contributed by atoms with Crippen molar-refractivity contribution in [2.45, 2.75) is 57.3 Å². The van der Waals surface area contributed by atoms with Crippen LogP contribution in [0.5, 0.6) is 0 Å². The van der Waals surface area contributed by atoms with Crippen LogP contribution < -0.4 is 5.73 Å². The second-order valence-corrected chi connectivity index (χ2v) is 6.49. The Morgan fingerprint density at radius 1 is 1.32 bits per heavy atom. The lowest BCUT2D eigenvalue weighted by atomic mass is 9.89. The van der Waals surface area contributed by atoms with Crippen LogP contribution in [0.4, 0.5) is 0 Å². The minimum atomic E-state index is 0.413. The third kappa shape index (κ3) is 2.51. The molecule has 6 heteroatoms. The normalized spacial score (nSPS) is 19.1. The van der Waals surface area contributed by atoms with Gasteiger partial charge in [-0.05, 0) is 25.8 Å². The van der Waals surface area contributed by atoms with Crippen molar-refractivity contribution in [1.29, 1.82) is 0 Å². The summed E-state index contributed by atoms with van der Waals surface area (Å²) in [6.07, 6.45) is 7.40. The molecule has 1 aliphatic rings. The summed E-state index contributed by atoms with van der Waals surface area (Å²) in [5.41, 5.74) is 5.63. The molecule has 2 heterocycles. The molecule has 0 radical (unpaired) electrons. The first kappa shape index (κ1) is 13.0. The van der Waals surface area contributed by atoms with Crippen molar-refractivity contribution < 1.29 is 0 Å². The van der Waals surface area contributed by atoms with Gasteiger partial charge in [-0.1, -0.05) is 37.5 Å². The molecule has 0 saturated heterocycles. The van der Waals surface area contributed by atoms with Crippen molar-refractivity contribution in [2.24, 2.45) is 5.73 Å². The fourth-order valence-corrected chi connectivity index (χ4v) is 3.77. The van der Waals surface area contributed by atoms with Gasteiger partial charge < -0.3 is 5.73 Å². The van der Waals surface area contributed by atoms with E-state index in [1.54, 1.807) is 11.3 Å². The van der Waals surface area contributed by atoms with E-state index in [9.17, 15) is 0 Å². The number of nitrogens with two attached hydrogens (primary N) is 1. The average Bonchev–Trinajstić information content (AvgIpc) is 2.99. The number of hydrogen-bond acceptors (Lipinski definition) is 5. The lowest BCUT2D eigenvalue weighted by Gasteiger charge is -2.18. The number of aromatic nitrogens is 4. The fraction of sp³-hybridized carbons (Fsp3) is 0.769. The molecule has 19 heavy (non-hydrogen) atoms. The second-order valence-electron chi connectivity index (χ2n) is 5.51. The van der Waals surface area contributed by atoms with Crippen LogP contribution in [-0.2, 0) is 0 Å². The van der Waals surface area contributed by atoms with Gasteiger partial charge in [0.2, 0.25) is 4.96 Å². The van der Waals surface area contributed by atoms with Gasteiger partial charge in [0.15, 0.2) is 5.82 Å². The molecule has 1 saturated carbocycles. The SMILES string of the molecule is CC(CCN)c1nn2c(C3CCCCC3)nnc2s1. The first-order valence-corrected chi connectivity index (χ1v) is 8.03. The predicted octanol–water partition coefficient (Wildman–Crippen LogP) is 2.69. The van der Waals surface area contributed by atoms with Gasteiger partial charge in [0.1, 0.15) is 5.01 Å². The number of fused-ring (bicyclic) bond motifs is 1. The standard InChI is InChI=1S/C13H21N5S/c1-9(7-8-14)12-17-18-11(15-16-13(18)19-12)10-5-3-2-4-6-10/h9-10H,2-8,14H2,1H3. The van der Waals surface area contributed by atoms with E-state index in [-0.39, 0.29) is 0 Å². The molecule has 0 aliphatic heterocycles. The highest BCUT2D eigenvalue weighted by Crippen LogP contribution is 2.33. The molecule has 1 fully saturated rings. The third-order valence-corrected chi connectivity index (χ3v) is 5.15. The summed E-state index contributed by atoms with van der Waals surface area (Å²) in [6, 6.07) is 0. The molecule has 104 valence electrons. The molecular weight excluding hydrogens is 258 g/mol. The van der Waals surface area contributed by atoms with Gasteiger partial charge in [0.25, 0.3) is 0 Å². The number of nitrogens with zero attached hydrogens (tertiary/aromatic N) is 4. The lowest BCUT2D eigenvalue weighted by Crippen LogP contribution is -2.10. The van der Waals surface area contributed by atoms with Crippen LogP contribution >= 0.6 is 11.3 Å². The summed E-state index contributed by atoms with van der Waals surface area (Å²) in [4.78, 5) is 0.930. The molecule has 5 nitrogen and oxygen atoms in total. The van der Waals surface area contributed by atoms with Crippen molar-refractivity contribution >= 4 is 16.3 Å². The van der Waals surface area contributed by atoms with E-state index in [1.165, 1.54) is 32.1 Å². The lowest BCUT2D eigenvalue weighted by molar-refractivity contribution is 0.422. The van der Waals surface area contributed by atoms with Crippen LogP contribution in [-0.4, -0.2) is 26.4 Å². The minimum absolute atomic E-state index is 0.413. The summed E-state index contributed by atoms with van der Waals surface area (Å²) in [5.74, 6) is 2.02. The van der Waals surface area contributed by atoms with Gasteiger partial charge >= 0.3 is 0 Å². The fourth-order valence-electron chi connectivity index (χ4n) is 2.83. The Kier molecular flexibility index (Phi) is 3.79. The van der Waals surface area contributed by atoms with Gasteiger partial charge in [0.05, 0.1) is 0 Å². The van der Waals surface area contributed by atoms with Crippen LogP contribution in [0.25, 0.3) is 4.96 Å². The van der Waals surface area contributed by atoms with E-state index >= 15 is 0 Å². The topological polar surface area (TPSA) is 69.1 Å². The van der Waals surface area contributed by atoms with Gasteiger partial charge in [-0.15, -0.1) is 10.2 Å². The summed E-state index contributed by atoms with van der Waals surface area (Å²) >= 11 is 1.65. The molecular formula is C13H21N5S. The smallest absolute Gasteiger partial charge is 0.234 e. The van der Waals surface area contributed by atoms with Gasteiger partial charge in [-0.3, -0.25) is 0 Å². The molecule has 0 aromatic carbocycles. The monoisotopic (exact) mass is 279 g/mol. The Bertz CT molecular complexity index is 540. The zero-order chi connectivity index (χ0) is 13.2. The maximum atomic E-state index is 5.63. The Labute approximate surface area is 117 Å². The first-order chi connectivity index (χ1) is 9.29. The molecule has 1 unspecified atom stereocenters. The minimum Gasteiger partial charge on any atom is -0.330 e. The molecule has 2 N–H and O–H groups in total. The highest BCUT2D eigenvalue weighted by atomic mass is 32.1. The zero-order valence-electron chi connectivity index (χ0n) is 11.4. The van der Waals surface area contributed by atoms with E-state index in [1.807, 2.05) is 4.52 Å². The largest absolute Gasteiger partial charge is 0.330 e. The van der Waals surface area contributed by atoms with E-state index in [2.05, 4.69) is 17.1 Å². The maximum Gasteiger partial charge on any atom is 0.234 e. The zero-order valence-corrected chi connectivity index (χ0v) is 12.2. The Morgan fingerprint density at radius 3 is 2.84 bits per heavy atom. The number of hydrogen-bond donors (Lipinski definition) is 1. The van der Waals surface area contributed by atoms with E-state index in [4.69, 9.17) is 10.8 Å². The van der Waals surface area contributed by atoms with Crippen LogP contribution in [0.2, 0.25) is 0 Å². The van der Waals surface area contributed by atoms with Crippen LogP contribution in [0.1, 0.15) is 68.1 Å². The summed E-state index contributed by atoms with van der Waals surface area (Å²) < 4.78 is 1.98. The molecule has 0 spiro atoms. The van der Waals surface area contributed by atoms with Gasteiger partial charge in [0, 0.05) is 11.8 Å². The highest BCUT2D eigenvalue weighted by molar-refractivity contribution is 7.16. The molecule has 2 aromatic rings. The molecule has 0 amide bonds. The quantitative estimate of drug-likeness (QED) is 0.934. The van der Waals surface area contributed by atoms with Crippen molar-refractivity contribution in [3.8, 4) is 0 Å². The maximum absolute atomic E-state index is 5.63. The second kappa shape index (κ2) is 5.54. The van der Waals surface area contributed by atoms with Gasteiger partial charge in [-0.2, -0.15) is 9.61 Å². The van der Waals surface area contributed by atoms with Crippen molar-refractivity contribution in [2.75, 3.05) is 6.54 Å².